The lowest BCUT2D eigenvalue weighted by Crippen LogP contribution is -2.27. The van der Waals surface area contributed by atoms with Gasteiger partial charge in [0.25, 0.3) is 5.91 Å². The number of nitrogens with one attached hydrogen (secondary N) is 1. The lowest BCUT2D eigenvalue weighted by atomic mass is 10.2. The first-order valence-electron chi connectivity index (χ1n) is 7.84. The average molecular weight is 440 g/mol. The Labute approximate surface area is 167 Å². The van der Waals surface area contributed by atoms with Crippen LogP contribution in [0.3, 0.4) is 0 Å². The molecule has 1 atom stereocenters. The number of carbonyl (C=O) groups excluding carboxylic acids is 1. The van der Waals surface area contributed by atoms with Crippen molar-refractivity contribution in [2.45, 2.75) is 24.9 Å². The van der Waals surface area contributed by atoms with E-state index in [0.29, 0.717) is 5.56 Å². The summed E-state index contributed by atoms with van der Waals surface area (Å²) in [6, 6.07) is 5.05. The molecule has 2 rings (SSSR count). The molecule has 0 saturated carbocycles. The third-order valence-electron chi connectivity index (χ3n) is 4.03. The molecule has 1 aromatic heterocycles. The number of alkyl halides is 3. The number of rotatable bonds is 5. The zero-order chi connectivity index (χ0) is 20.6. The topological polar surface area (TPSA) is 68.2 Å². The number of hydrogen-bond donors (Lipinski definition) is 1. The molecule has 1 amide bonds. The first-order chi connectivity index (χ1) is 12.3. The smallest absolute Gasteiger partial charge is 0.345 e. The molecule has 0 saturated heterocycles. The molecule has 0 radical (unpaired) electrons. The van der Waals surface area contributed by atoms with Gasteiger partial charge in [0.2, 0.25) is 0 Å². The Bertz CT molecular complexity index is 969. The molecule has 156 valence electrons. The summed E-state index contributed by atoms with van der Waals surface area (Å²) in [5, 5.41) is 2.42. The van der Waals surface area contributed by atoms with Crippen LogP contribution in [-0.2, 0) is 16.9 Å². The second-order valence-electron chi connectivity index (χ2n) is 6.31. The van der Waals surface area contributed by atoms with Crippen molar-refractivity contribution in [3.05, 3.63) is 47.5 Å². The van der Waals surface area contributed by atoms with Crippen LogP contribution >= 0.6 is 13.5 Å². The molecule has 1 aromatic carbocycles. The van der Waals surface area contributed by atoms with Gasteiger partial charge >= 0.3 is 6.18 Å². The molecular formula is C17H20F4N2O3S2. The van der Waals surface area contributed by atoms with E-state index in [1.54, 1.807) is 6.92 Å². The van der Waals surface area contributed by atoms with Gasteiger partial charge in [-0.3, -0.25) is 4.79 Å². The Morgan fingerprint density at radius 1 is 1.25 bits per heavy atom. The van der Waals surface area contributed by atoms with Gasteiger partial charge in [0.15, 0.2) is 9.84 Å². The van der Waals surface area contributed by atoms with E-state index in [1.165, 1.54) is 23.7 Å². The molecule has 0 unspecified atom stereocenters. The minimum Gasteiger partial charge on any atom is -0.345 e. The van der Waals surface area contributed by atoms with Gasteiger partial charge in [-0.1, -0.05) is 13.0 Å². The van der Waals surface area contributed by atoms with Gasteiger partial charge in [0.05, 0.1) is 16.6 Å². The zero-order valence-corrected chi connectivity index (χ0v) is 17.1. The van der Waals surface area contributed by atoms with Gasteiger partial charge in [-0.2, -0.15) is 26.7 Å². The Morgan fingerprint density at radius 2 is 1.86 bits per heavy atom. The van der Waals surface area contributed by atoms with Crippen molar-refractivity contribution < 1.29 is 30.8 Å². The largest absolute Gasteiger partial charge is 0.392 e. The van der Waals surface area contributed by atoms with Crippen LogP contribution < -0.4 is 5.32 Å². The van der Waals surface area contributed by atoms with E-state index in [1.807, 2.05) is 0 Å². The molecule has 0 fully saturated rings. The predicted octanol–water partition coefficient (Wildman–Crippen LogP) is 3.81. The minimum atomic E-state index is -4.64. The lowest BCUT2D eigenvalue weighted by Gasteiger charge is -2.14. The second-order valence-corrected chi connectivity index (χ2v) is 8.35. The molecule has 0 aliphatic heterocycles. The third kappa shape index (κ3) is 5.51. The van der Waals surface area contributed by atoms with Crippen LogP contribution in [0.4, 0.5) is 23.2 Å². The van der Waals surface area contributed by atoms with Crippen molar-refractivity contribution in [2.24, 2.45) is 13.0 Å². The summed E-state index contributed by atoms with van der Waals surface area (Å²) < 4.78 is 77.1. The maximum absolute atomic E-state index is 13.6. The van der Waals surface area contributed by atoms with E-state index in [4.69, 9.17) is 0 Å². The Balaban J connectivity index is 0.00000392. The highest BCUT2D eigenvalue weighted by Gasteiger charge is 2.39. The molecule has 2 aromatic rings. The van der Waals surface area contributed by atoms with E-state index in [9.17, 15) is 30.8 Å². The first kappa shape index (κ1) is 24.0. The lowest BCUT2D eigenvalue weighted by molar-refractivity contribution is -0.163. The Morgan fingerprint density at radius 3 is 2.39 bits per heavy atom. The van der Waals surface area contributed by atoms with Crippen LogP contribution in [0.25, 0.3) is 0 Å². The predicted molar refractivity (Wildman–Crippen MR) is 102 cm³/mol. The summed E-state index contributed by atoms with van der Waals surface area (Å²) in [5.74, 6) is -4.41. The molecule has 28 heavy (non-hydrogen) atoms. The zero-order valence-electron chi connectivity index (χ0n) is 15.3. The number of nitrogens with zero attached hydrogens (tertiary/aromatic N) is 1. The fourth-order valence-corrected chi connectivity index (χ4v) is 3.97. The van der Waals surface area contributed by atoms with Crippen LogP contribution in [0.15, 0.2) is 35.4 Å². The van der Waals surface area contributed by atoms with E-state index < -0.39 is 39.4 Å². The highest BCUT2D eigenvalue weighted by atomic mass is 32.2. The normalized spacial score (nSPS) is 13.0. The van der Waals surface area contributed by atoms with Crippen molar-refractivity contribution >= 4 is 34.9 Å². The van der Waals surface area contributed by atoms with Crippen molar-refractivity contribution in [3.8, 4) is 0 Å². The second kappa shape index (κ2) is 8.56. The van der Waals surface area contributed by atoms with Gasteiger partial charge in [-0.25, -0.2) is 12.8 Å². The summed E-state index contributed by atoms with van der Waals surface area (Å²) in [5.41, 5.74) is 0.465. The van der Waals surface area contributed by atoms with Crippen molar-refractivity contribution in [3.63, 3.8) is 0 Å². The summed E-state index contributed by atoms with van der Waals surface area (Å²) in [6.07, 6.45) is -3.57. The number of aromatic nitrogens is 1. The van der Waals surface area contributed by atoms with Crippen molar-refractivity contribution in [1.29, 1.82) is 0 Å². The monoisotopic (exact) mass is 440 g/mol. The number of amides is 1. The minimum absolute atomic E-state index is 0. The van der Waals surface area contributed by atoms with Crippen molar-refractivity contribution in [1.82, 2.24) is 4.57 Å². The van der Waals surface area contributed by atoms with E-state index in [-0.39, 0.29) is 29.8 Å². The standard InChI is InChI=1S/C17H18F4N2O3S.H2S/c1-10-4-5-12(6-14(10)18)22-16(24)15-7-13(8-23(15)3)27(25,26)9-11(2)17(19,20)21;/h4-8,11H,9H2,1-3H3,(H,22,24);1H2/t11-;/m1./s1. The van der Waals surface area contributed by atoms with Gasteiger partial charge in [0, 0.05) is 18.9 Å². The molecular weight excluding hydrogens is 420 g/mol. The number of hydrogen-bond acceptors (Lipinski definition) is 3. The third-order valence-corrected chi connectivity index (χ3v) is 5.91. The fraction of sp³-hybridized carbons (Fsp3) is 0.353. The summed E-state index contributed by atoms with van der Waals surface area (Å²) in [6.45, 7) is 2.33. The average Bonchev–Trinajstić information content (AvgIpc) is 2.92. The number of halogens is 4. The van der Waals surface area contributed by atoms with Crippen molar-refractivity contribution in [2.75, 3.05) is 11.1 Å². The number of benzene rings is 1. The maximum Gasteiger partial charge on any atom is 0.392 e. The number of carbonyl (C=O) groups is 1. The molecule has 1 heterocycles. The number of aryl methyl sites for hydroxylation is 2. The van der Waals surface area contributed by atoms with Crippen LogP contribution in [0.2, 0.25) is 0 Å². The van der Waals surface area contributed by atoms with Crippen LogP contribution in [0.5, 0.6) is 0 Å². The van der Waals surface area contributed by atoms with E-state index in [2.05, 4.69) is 5.32 Å². The fourth-order valence-electron chi connectivity index (χ4n) is 2.32. The quantitative estimate of drug-likeness (QED) is 0.719. The van der Waals surface area contributed by atoms with Gasteiger partial charge in [0.1, 0.15) is 11.5 Å². The van der Waals surface area contributed by atoms with Crippen LogP contribution in [-0.4, -0.2) is 30.8 Å². The first-order valence-corrected chi connectivity index (χ1v) is 9.50. The summed E-state index contributed by atoms with van der Waals surface area (Å²) >= 11 is 0. The molecule has 5 nitrogen and oxygen atoms in total. The maximum atomic E-state index is 13.6. The van der Waals surface area contributed by atoms with Crippen LogP contribution in [0, 0.1) is 18.7 Å². The highest BCUT2D eigenvalue weighted by Crippen LogP contribution is 2.29. The van der Waals surface area contributed by atoms with E-state index in [0.717, 1.165) is 25.3 Å². The molecule has 11 heteroatoms. The molecule has 0 aliphatic carbocycles. The van der Waals surface area contributed by atoms with Gasteiger partial charge in [-0.05, 0) is 30.7 Å². The summed E-state index contributed by atoms with van der Waals surface area (Å²) in [7, 11) is -2.86. The van der Waals surface area contributed by atoms with Crippen LogP contribution in [0.1, 0.15) is 23.0 Å². The molecule has 0 spiro atoms. The van der Waals surface area contributed by atoms with Gasteiger partial charge < -0.3 is 9.88 Å². The Hall–Kier alpha value is -2.01. The number of anilines is 1. The molecule has 0 aliphatic rings. The Kier molecular flexibility index (Phi) is 7.35. The highest BCUT2D eigenvalue weighted by molar-refractivity contribution is 7.91. The van der Waals surface area contributed by atoms with E-state index >= 15 is 0 Å². The molecule has 0 bridgehead atoms. The summed E-state index contributed by atoms with van der Waals surface area (Å²) in [4.78, 5) is 11.9. The SMILES string of the molecule is Cc1ccc(NC(=O)c2cc(S(=O)(=O)C[C@@H](C)C(F)(F)F)cn2C)cc1F.S. The van der Waals surface area contributed by atoms with Gasteiger partial charge in [-0.15, -0.1) is 0 Å². The molecule has 1 N–H and O–H groups in total. The number of sulfone groups is 1.